The monoisotopic (exact) mass is 269 g/mol. The van der Waals surface area contributed by atoms with Crippen LogP contribution in [0.4, 0.5) is 0 Å². The number of nitrogens with zero attached hydrogens (tertiary/aromatic N) is 2. The largest absolute Gasteiger partial charge is 0.348 e. The Bertz CT molecular complexity index is 586. The maximum absolute atomic E-state index is 4.60. The lowest BCUT2D eigenvalue weighted by atomic mass is 10.1. The van der Waals surface area contributed by atoms with E-state index < -0.39 is 0 Å². The lowest BCUT2D eigenvalue weighted by Crippen LogP contribution is -2.15. The molecule has 0 spiro atoms. The molecule has 2 heterocycles. The third kappa shape index (κ3) is 2.78. The van der Waals surface area contributed by atoms with Gasteiger partial charge in [-0.05, 0) is 56.5 Å². The highest BCUT2D eigenvalue weighted by molar-refractivity contribution is 5.29. The van der Waals surface area contributed by atoms with Gasteiger partial charge in [0.1, 0.15) is 0 Å². The van der Waals surface area contributed by atoms with Gasteiger partial charge >= 0.3 is 0 Å². The molecule has 2 aromatic rings. The molecular formula is C17H23N3. The minimum atomic E-state index is 0.513. The lowest BCUT2D eigenvalue weighted by Gasteiger charge is -2.13. The van der Waals surface area contributed by atoms with Crippen LogP contribution in [-0.2, 0) is 13.0 Å². The highest BCUT2D eigenvalue weighted by Gasteiger charge is 2.19. The number of aryl methyl sites for hydroxylation is 2. The van der Waals surface area contributed by atoms with Crippen molar-refractivity contribution in [1.82, 2.24) is 14.9 Å². The van der Waals surface area contributed by atoms with E-state index in [0.29, 0.717) is 6.04 Å². The zero-order valence-electron chi connectivity index (χ0n) is 12.4. The molecule has 1 N–H and O–H groups in total. The van der Waals surface area contributed by atoms with Gasteiger partial charge in [-0.25, -0.2) is 0 Å². The van der Waals surface area contributed by atoms with Crippen LogP contribution in [0.15, 0.2) is 30.6 Å². The number of aromatic nitrogens is 2. The summed E-state index contributed by atoms with van der Waals surface area (Å²) < 4.78 is 2.29. The first-order valence-electron chi connectivity index (χ1n) is 7.54. The molecule has 0 amide bonds. The number of rotatable bonds is 3. The van der Waals surface area contributed by atoms with Gasteiger partial charge in [0.05, 0.1) is 12.2 Å². The maximum Gasteiger partial charge on any atom is 0.0643 e. The first-order valence-corrected chi connectivity index (χ1v) is 7.54. The fourth-order valence-electron chi connectivity index (χ4n) is 3.18. The van der Waals surface area contributed by atoms with Gasteiger partial charge in [-0.3, -0.25) is 4.98 Å². The maximum atomic E-state index is 4.60. The predicted molar refractivity (Wildman–Crippen MR) is 81.9 cm³/mol. The Labute approximate surface area is 121 Å². The molecule has 0 fully saturated rings. The SMILES string of the molecule is CNC1CCCCc2cn(Cc3cccc(C)n3)cc21. The number of hydrogen-bond acceptors (Lipinski definition) is 2. The van der Waals surface area contributed by atoms with E-state index in [4.69, 9.17) is 0 Å². The number of nitrogens with one attached hydrogen (secondary N) is 1. The summed E-state index contributed by atoms with van der Waals surface area (Å²) in [6.07, 6.45) is 9.70. The van der Waals surface area contributed by atoms with E-state index in [1.54, 1.807) is 0 Å². The van der Waals surface area contributed by atoms with E-state index in [2.05, 4.69) is 46.4 Å². The summed E-state index contributed by atoms with van der Waals surface area (Å²) in [7, 11) is 2.07. The van der Waals surface area contributed by atoms with Crippen molar-refractivity contribution in [1.29, 1.82) is 0 Å². The molecule has 1 aliphatic rings. The van der Waals surface area contributed by atoms with Crippen LogP contribution in [-0.4, -0.2) is 16.6 Å². The van der Waals surface area contributed by atoms with Crippen molar-refractivity contribution in [3.8, 4) is 0 Å². The minimum Gasteiger partial charge on any atom is -0.348 e. The molecule has 0 aliphatic heterocycles. The molecule has 0 saturated carbocycles. The molecular weight excluding hydrogens is 246 g/mol. The zero-order chi connectivity index (χ0) is 13.9. The van der Waals surface area contributed by atoms with Crippen LogP contribution in [0.2, 0.25) is 0 Å². The number of hydrogen-bond donors (Lipinski definition) is 1. The van der Waals surface area contributed by atoms with Gasteiger partial charge < -0.3 is 9.88 Å². The molecule has 1 atom stereocenters. The Morgan fingerprint density at radius 2 is 2.20 bits per heavy atom. The third-order valence-corrected chi connectivity index (χ3v) is 4.20. The summed E-state index contributed by atoms with van der Waals surface area (Å²) in [5.74, 6) is 0. The van der Waals surface area contributed by atoms with Crippen LogP contribution < -0.4 is 5.32 Å². The van der Waals surface area contributed by atoms with Crippen molar-refractivity contribution in [3.05, 3.63) is 53.1 Å². The second-order valence-electron chi connectivity index (χ2n) is 5.77. The fraction of sp³-hybridized carbons (Fsp3) is 0.471. The van der Waals surface area contributed by atoms with Crippen LogP contribution in [0, 0.1) is 6.92 Å². The Hall–Kier alpha value is -1.61. The lowest BCUT2D eigenvalue weighted by molar-refractivity contribution is 0.531. The molecule has 20 heavy (non-hydrogen) atoms. The summed E-state index contributed by atoms with van der Waals surface area (Å²) in [6.45, 7) is 2.91. The van der Waals surface area contributed by atoms with Crippen LogP contribution in [0.3, 0.4) is 0 Å². The van der Waals surface area contributed by atoms with Crippen molar-refractivity contribution in [2.75, 3.05) is 7.05 Å². The van der Waals surface area contributed by atoms with Gasteiger partial charge in [-0.2, -0.15) is 0 Å². The van der Waals surface area contributed by atoms with Crippen LogP contribution in [0.1, 0.15) is 47.8 Å². The van der Waals surface area contributed by atoms with Crippen LogP contribution in [0.5, 0.6) is 0 Å². The zero-order valence-corrected chi connectivity index (χ0v) is 12.4. The third-order valence-electron chi connectivity index (χ3n) is 4.20. The molecule has 1 aliphatic carbocycles. The highest BCUT2D eigenvalue weighted by atomic mass is 15.0. The summed E-state index contributed by atoms with van der Waals surface area (Å²) in [6, 6.07) is 6.75. The first kappa shape index (κ1) is 13.4. The average Bonchev–Trinajstić information content (AvgIpc) is 2.72. The molecule has 106 valence electrons. The standard InChI is InChI=1S/C17H23N3/c1-13-6-5-8-15(19-13)11-20-10-14-7-3-4-9-17(18-2)16(14)12-20/h5-6,8,10,12,17-18H,3-4,7,9,11H2,1-2H3. The van der Waals surface area contributed by atoms with E-state index in [1.807, 2.05) is 13.0 Å². The van der Waals surface area contributed by atoms with Crippen molar-refractivity contribution < 1.29 is 0 Å². The van der Waals surface area contributed by atoms with Crippen molar-refractivity contribution in [2.24, 2.45) is 0 Å². The van der Waals surface area contributed by atoms with E-state index in [-0.39, 0.29) is 0 Å². The molecule has 2 aromatic heterocycles. The second kappa shape index (κ2) is 5.80. The predicted octanol–water partition coefficient (Wildman–Crippen LogP) is 3.23. The highest BCUT2D eigenvalue weighted by Crippen LogP contribution is 2.29. The second-order valence-corrected chi connectivity index (χ2v) is 5.77. The summed E-state index contributed by atoms with van der Waals surface area (Å²) in [5, 5.41) is 3.46. The normalized spacial score (nSPS) is 18.6. The Morgan fingerprint density at radius 1 is 1.30 bits per heavy atom. The van der Waals surface area contributed by atoms with E-state index in [9.17, 15) is 0 Å². The number of pyridine rings is 1. The van der Waals surface area contributed by atoms with Crippen LogP contribution >= 0.6 is 0 Å². The summed E-state index contributed by atoms with van der Waals surface area (Å²) >= 11 is 0. The first-order chi connectivity index (χ1) is 9.76. The quantitative estimate of drug-likeness (QED) is 0.867. The molecule has 1 unspecified atom stereocenters. The van der Waals surface area contributed by atoms with Gasteiger partial charge in [0, 0.05) is 24.1 Å². The molecule has 0 saturated heterocycles. The molecule has 0 radical (unpaired) electrons. The van der Waals surface area contributed by atoms with Crippen LogP contribution in [0.25, 0.3) is 0 Å². The van der Waals surface area contributed by atoms with Crippen molar-refractivity contribution >= 4 is 0 Å². The smallest absolute Gasteiger partial charge is 0.0643 e. The fourth-order valence-corrected chi connectivity index (χ4v) is 3.18. The Morgan fingerprint density at radius 3 is 3.00 bits per heavy atom. The Balaban J connectivity index is 1.85. The van der Waals surface area contributed by atoms with E-state index >= 15 is 0 Å². The van der Waals surface area contributed by atoms with Crippen molar-refractivity contribution in [3.63, 3.8) is 0 Å². The topological polar surface area (TPSA) is 29.9 Å². The molecule has 3 heteroatoms. The minimum absolute atomic E-state index is 0.513. The van der Waals surface area contributed by atoms with Crippen molar-refractivity contribution in [2.45, 2.75) is 45.2 Å². The molecule has 0 aromatic carbocycles. The summed E-state index contributed by atoms with van der Waals surface area (Å²) in [4.78, 5) is 4.60. The molecule has 0 bridgehead atoms. The average molecular weight is 269 g/mol. The number of fused-ring (bicyclic) bond motifs is 1. The Kier molecular flexibility index (Phi) is 3.88. The molecule has 3 rings (SSSR count). The van der Waals surface area contributed by atoms with Gasteiger partial charge in [-0.1, -0.05) is 12.5 Å². The summed E-state index contributed by atoms with van der Waals surface area (Å²) in [5.41, 5.74) is 5.22. The van der Waals surface area contributed by atoms with Gasteiger partial charge in [-0.15, -0.1) is 0 Å². The van der Waals surface area contributed by atoms with E-state index in [0.717, 1.165) is 17.9 Å². The van der Waals surface area contributed by atoms with Gasteiger partial charge in [0.25, 0.3) is 0 Å². The van der Waals surface area contributed by atoms with E-state index in [1.165, 1.54) is 36.8 Å². The van der Waals surface area contributed by atoms with Gasteiger partial charge in [0.15, 0.2) is 0 Å². The molecule has 3 nitrogen and oxygen atoms in total. The van der Waals surface area contributed by atoms with Gasteiger partial charge in [0.2, 0.25) is 0 Å².